The average Bonchev–Trinajstić information content (AvgIpc) is 2.75. The van der Waals surface area contributed by atoms with Crippen molar-refractivity contribution in [1.82, 2.24) is 0 Å². The van der Waals surface area contributed by atoms with Gasteiger partial charge >= 0.3 is 0 Å². The van der Waals surface area contributed by atoms with Crippen molar-refractivity contribution in [2.24, 2.45) is 5.73 Å². The van der Waals surface area contributed by atoms with E-state index in [2.05, 4.69) is 15.9 Å². The Balaban J connectivity index is 2.07. The van der Waals surface area contributed by atoms with Crippen molar-refractivity contribution in [3.05, 3.63) is 51.3 Å². The Hall–Kier alpha value is -0.970. The molecule has 1 heterocycles. The molecule has 1 aromatic carbocycles. The van der Waals surface area contributed by atoms with Crippen molar-refractivity contribution >= 4 is 27.5 Å². The normalized spacial score (nSPS) is 10.5. The van der Waals surface area contributed by atoms with Crippen LogP contribution in [0.25, 0.3) is 0 Å². The van der Waals surface area contributed by atoms with Gasteiger partial charge in [0.2, 0.25) is 0 Å². The molecule has 0 fully saturated rings. The fourth-order valence-corrected chi connectivity index (χ4v) is 2.15. The van der Waals surface area contributed by atoms with Crippen LogP contribution in [-0.2, 0) is 13.2 Å². The molecule has 0 aliphatic carbocycles. The van der Waals surface area contributed by atoms with E-state index in [1.165, 1.54) is 0 Å². The highest BCUT2D eigenvalue weighted by molar-refractivity contribution is 9.10. The van der Waals surface area contributed by atoms with Gasteiger partial charge in [-0.25, -0.2) is 0 Å². The SMILES string of the molecule is NCc1occc1COc1ccc(Br)cc1Cl. The summed E-state index contributed by atoms with van der Waals surface area (Å²) in [4.78, 5) is 0. The lowest BCUT2D eigenvalue weighted by molar-refractivity contribution is 0.302. The lowest BCUT2D eigenvalue weighted by Crippen LogP contribution is -2.02. The summed E-state index contributed by atoms with van der Waals surface area (Å²) in [7, 11) is 0. The van der Waals surface area contributed by atoms with E-state index in [-0.39, 0.29) is 0 Å². The number of furan rings is 1. The Kier molecular flexibility index (Phi) is 4.10. The third-order valence-corrected chi connectivity index (χ3v) is 3.09. The zero-order chi connectivity index (χ0) is 12.3. The molecule has 2 rings (SSSR count). The minimum atomic E-state index is 0.361. The molecule has 5 heteroatoms. The number of halogens is 2. The lowest BCUT2D eigenvalue weighted by atomic mass is 10.2. The molecule has 0 saturated heterocycles. The molecule has 0 bridgehead atoms. The van der Waals surface area contributed by atoms with E-state index in [9.17, 15) is 0 Å². The Morgan fingerprint density at radius 2 is 2.18 bits per heavy atom. The first kappa shape index (κ1) is 12.5. The number of benzene rings is 1. The van der Waals surface area contributed by atoms with Gasteiger partial charge in [-0.3, -0.25) is 0 Å². The predicted octanol–water partition coefficient (Wildman–Crippen LogP) is 3.73. The van der Waals surface area contributed by atoms with Gasteiger partial charge in [0.15, 0.2) is 0 Å². The van der Waals surface area contributed by atoms with E-state index >= 15 is 0 Å². The molecule has 17 heavy (non-hydrogen) atoms. The summed E-state index contributed by atoms with van der Waals surface area (Å²) in [6.07, 6.45) is 1.60. The molecule has 3 nitrogen and oxygen atoms in total. The Morgan fingerprint density at radius 1 is 1.35 bits per heavy atom. The molecule has 0 aliphatic rings. The minimum absolute atomic E-state index is 0.361. The van der Waals surface area contributed by atoms with Gasteiger partial charge in [-0.15, -0.1) is 0 Å². The van der Waals surface area contributed by atoms with Crippen LogP contribution >= 0.6 is 27.5 Å². The van der Waals surface area contributed by atoms with E-state index in [1.807, 2.05) is 18.2 Å². The maximum atomic E-state index is 6.04. The van der Waals surface area contributed by atoms with E-state index < -0.39 is 0 Å². The van der Waals surface area contributed by atoms with Crippen LogP contribution in [0.5, 0.6) is 5.75 Å². The second kappa shape index (κ2) is 5.58. The molecule has 0 radical (unpaired) electrons. The Bertz CT molecular complexity index is 513. The third-order valence-electron chi connectivity index (χ3n) is 2.30. The van der Waals surface area contributed by atoms with Gasteiger partial charge in [0, 0.05) is 10.0 Å². The summed E-state index contributed by atoms with van der Waals surface area (Å²) in [6, 6.07) is 7.32. The predicted molar refractivity (Wildman–Crippen MR) is 70.1 cm³/mol. The topological polar surface area (TPSA) is 48.4 Å². The first-order chi connectivity index (χ1) is 8.20. The van der Waals surface area contributed by atoms with Gasteiger partial charge in [-0.2, -0.15) is 0 Å². The van der Waals surface area contributed by atoms with Crippen LogP contribution in [0.4, 0.5) is 0 Å². The van der Waals surface area contributed by atoms with Crippen molar-refractivity contribution < 1.29 is 9.15 Å². The fraction of sp³-hybridized carbons (Fsp3) is 0.167. The van der Waals surface area contributed by atoms with Crippen LogP contribution in [0.1, 0.15) is 11.3 Å². The monoisotopic (exact) mass is 315 g/mol. The molecule has 0 spiro atoms. The first-order valence-electron chi connectivity index (χ1n) is 5.04. The van der Waals surface area contributed by atoms with E-state index in [0.29, 0.717) is 23.9 Å². The molecule has 90 valence electrons. The van der Waals surface area contributed by atoms with E-state index in [1.54, 1.807) is 12.3 Å². The van der Waals surface area contributed by atoms with Crippen molar-refractivity contribution in [2.45, 2.75) is 13.2 Å². The van der Waals surface area contributed by atoms with Crippen molar-refractivity contribution in [1.29, 1.82) is 0 Å². The maximum Gasteiger partial charge on any atom is 0.138 e. The minimum Gasteiger partial charge on any atom is -0.487 e. The Morgan fingerprint density at radius 3 is 2.88 bits per heavy atom. The molecule has 1 aromatic heterocycles. The molecular weight excluding hydrogens is 305 g/mol. The van der Waals surface area contributed by atoms with Gasteiger partial charge in [-0.1, -0.05) is 27.5 Å². The van der Waals surface area contributed by atoms with Gasteiger partial charge < -0.3 is 14.9 Å². The summed E-state index contributed by atoms with van der Waals surface area (Å²) in [5.41, 5.74) is 6.47. The smallest absolute Gasteiger partial charge is 0.138 e. The third kappa shape index (κ3) is 3.03. The molecule has 0 aliphatic heterocycles. The lowest BCUT2D eigenvalue weighted by Gasteiger charge is -2.07. The summed E-state index contributed by atoms with van der Waals surface area (Å²) >= 11 is 9.38. The van der Waals surface area contributed by atoms with Crippen molar-refractivity contribution in [3.8, 4) is 5.75 Å². The molecular formula is C12H11BrClNO2. The molecule has 0 saturated carbocycles. The summed E-state index contributed by atoms with van der Waals surface area (Å²) in [6.45, 7) is 0.754. The van der Waals surface area contributed by atoms with Crippen LogP contribution in [0.15, 0.2) is 39.4 Å². The van der Waals surface area contributed by atoms with Gasteiger partial charge in [0.25, 0.3) is 0 Å². The number of rotatable bonds is 4. The first-order valence-corrected chi connectivity index (χ1v) is 6.21. The Labute approximate surface area is 113 Å². The van der Waals surface area contributed by atoms with E-state index in [4.69, 9.17) is 26.5 Å². The van der Waals surface area contributed by atoms with Gasteiger partial charge in [-0.05, 0) is 24.3 Å². The summed E-state index contributed by atoms with van der Waals surface area (Å²) in [5, 5.41) is 0.567. The summed E-state index contributed by atoms with van der Waals surface area (Å²) in [5.74, 6) is 1.37. The second-order valence-corrected chi connectivity index (χ2v) is 4.76. The van der Waals surface area contributed by atoms with Crippen LogP contribution in [-0.4, -0.2) is 0 Å². The number of ether oxygens (including phenoxy) is 1. The number of hydrogen-bond donors (Lipinski definition) is 1. The highest BCUT2D eigenvalue weighted by atomic mass is 79.9. The van der Waals surface area contributed by atoms with Crippen LogP contribution < -0.4 is 10.5 Å². The number of nitrogens with two attached hydrogens (primary N) is 1. The highest BCUT2D eigenvalue weighted by Crippen LogP contribution is 2.28. The average molecular weight is 317 g/mol. The second-order valence-electron chi connectivity index (χ2n) is 3.44. The van der Waals surface area contributed by atoms with Gasteiger partial charge in [0.05, 0.1) is 17.8 Å². The van der Waals surface area contributed by atoms with E-state index in [0.717, 1.165) is 15.8 Å². The molecule has 0 atom stereocenters. The molecule has 0 unspecified atom stereocenters. The quantitative estimate of drug-likeness (QED) is 0.935. The summed E-state index contributed by atoms with van der Waals surface area (Å²) < 4.78 is 11.7. The highest BCUT2D eigenvalue weighted by Gasteiger charge is 2.07. The number of hydrogen-bond acceptors (Lipinski definition) is 3. The zero-order valence-electron chi connectivity index (χ0n) is 8.95. The van der Waals surface area contributed by atoms with Crippen LogP contribution in [0.2, 0.25) is 5.02 Å². The van der Waals surface area contributed by atoms with Crippen LogP contribution in [0.3, 0.4) is 0 Å². The molecule has 2 aromatic rings. The van der Waals surface area contributed by atoms with Crippen LogP contribution in [0, 0.1) is 0 Å². The fourth-order valence-electron chi connectivity index (χ4n) is 1.42. The standard InChI is InChI=1S/C12H11BrClNO2/c13-9-1-2-11(10(14)5-9)17-7-8-3-4-16-12(8)6-15/h1-5H,6-7,15H2. The van der Waals surface area contributed by atoms with Crippen molar-refractivity contribution in [3.63, 3.8) is 0 Å². The van der Waals surface area contributed by atoms with Gasteiger partial charge in [0.1, 0.15) is 18.1 Å². The largest absolute Gasteiger partial charge is 0.487 e. The zero-order valence-corrected chi connectivity index (χ0v) is 11.3. The van der Waals surface area contributed by atoms with Crippen molar-refractivity contribution in [2.75, 3.05) is 0 Å². The molecule has 2 N–H and O–H groups in total. The maximum absolute atomic E-state index is 6.04. The molecule has 0 amide bonds.